The second-order valence-corrected chi connectivity index (χ2v) is 6.85. The average molecular weight is 367 g/mol. The molecule has 8 heteroatoms. The molecule has 2 aliphatic heterocycles. The average Bonchev–Trinajstić information content (AvgIpc) is 2.58. The van der Waals surface area contributed by atoms with Gasteiger partial charge in [-0.2, -0.15) is 0 Å². The highest BCUT2D eigenvalue weighted by atomic mass is 16.8. The standard InChI is InChI=1S/C18H25NO7/c1-10(20)19-14-15(21)16-13(9-23-18(2,3)26-16)25-17(14)24-12-7-5-6-11(8-12)22-4/h5-8,13-17,21H,9H2,1-4H3,(H,19,20)/t13-,14-,15-,16+,17+/m1/s1. The maximum Gasteiger partial charge on any atom is 0.223 e. The summed E-state index contributed by atoms with van der Waals surface area (Å²) in [7, 11) is 1.56. The van der Waals surface area contributed by atoms with E-state index in [4.69, 9.17) is 23.7 Å². The summed E-state index contributed by atoms with van der Waals surface area (Å²) in [6, 6.07) is 6.21. The molecule has 0 saturated carbocycles. The third-order valence-corrected chi connectivity index (χ3v) is 4.35. The summed E-state index contributed by atoms with van der Waals surface area (Å²) >= 11 is 0. The van der Waals surface area contributed by atoms with Crippen LogP contribution < -0.4 is 14.8 Å². The molecule has 26 heavy (non-hydrogen) atoms. The fraction of sp³-hybridized carbons (Fsp3) is 0.611. The molecule has 0 spiro atoms. The summed E-state index contributed by atoms with van der Waals surface area (Å²) in [5.41, 5.74) is 0. The van der Waals surface area contributed by atoms with Gasteiger partial charge in [0, 0.05) is 13.0 Å². The zero-order chi connectivity index (χ0) is 18.9. The molecule has 2 heterocycles. The minimum atomic E-state index is -1.02. The topological polar surface area (TPSA) is 95.5 Å². The van der Waals surface area contributed by atoms with E-state index < -0.39 is 36.4 Å². The number of benzene rings is 1. The number of hydrogen-bond acceptors (Lipinski definition) is 7. The molecule has 0 unspecified atom stereocenters. The first-order valence-electron chi connectivity index (χ1n) is 8.52. The molecule has 0 radical (unpaired) electrons. The van der Waals surface area contributed by atoms with Crippen LogP contribution in [0.4, 0.5) is 0 Å². The van der Waals surface area contributed by atoms with Crippen LogP contribution in [0.2, 0.25) is 0 Å². The van der Waals surface area contributed by atoms with Gasteiger partial charge in [0.2, 0.25) is 12.2 Å². The highest BCUT2D eigenvalue weighted by Crippen LogP contribution is 2.33. The number of methoxy groups -OCH3 is 1. The summed E-state index contributed by atoms with van der Waals surface area (Å²) in [5.74, 6) is -0.0267. The number of hydrogen-bond donors (Lipinski definition) is 2. The summed E-state index contributed by atoms with van der Waals surface area (Å²) in [4.78, 5) is 11.6. The Labute approximate surface area is 152 Å². The van der Waals surface area contributed by atoms with Crippen LogP contribution >= 0.6 is 0 Å². The van der Waals surface area contributed by atoms with E-state index >= 15 is 0 Å². The zero-order valence-electron chi connectivity index (χ0n) is 15.3. The van der Waals surface area contributed by atoms with Gasteiger partial charge in [-0.05, 0) is 26.0 Å². The fourth-order valence-corrected chi connectivity index (χ4v) is 3.14. The predicted molar refractivity (Wildman–Crippen MR) is 90.8 cm³/mol. The van der Waals surface area contributed by atoms with Crippen LogP contribution in [0, 0.1) is 0 Å². The Morgan fingerprint density at radius 1 is 1.35 bits per heavy atom. The van der Waals surface area contributed by atoms with Crippen LogP contribution in [0.1, 0.15) is 20.8 Å². The highest BCUT2D eigenvalue weighted by molar-refractivity contribution is 5.73. The number of rotatable bonds is 4. The molecule has 2 fully saturated rings. The molecule has 2 saturated heterocycles. The second kappa shape index (κ2) is 7.40. The number of aliphatic hydroxyl groups is 1. The Kier molecular flexibility index (Phi) is 5.38. The van der Waals surface area contributed by atoms with Crippen molar-refractivity contribution in [2.45, 2.75) is 57.2 Å². The van der Waals surface area contributed by atoms with Gasteiger partial charge in [0.25, 0.3) is 0 Å². The van der Waals surface area contributed by atoms with Gasteiger partial charge in [0.1, 0.15) is 35.9 Å². The Morgan fingerprint density at radius 2 is 2.08 bits per heavy atom. The van der Waals surface area contributed by atoms with Crippen molar-refractivity contribution < 1.29 is 33.6 Å². The molecule has 144 valence electrons. The second-order valence-electron chi connectivity index (χ2n) is 6.85. The summed E-state index contributed by atoms with van der Waals surface area (Å²) in [6.07, 6.45) is -3.08. The summed E-state index contributed by atoms with van der Waals surface area (Å²) in [6.45, 7) is 5.15. The fourth-order valence-electron chi connectivity index (χ4n) is 3.14. The molecular formula is C18H25NO7. The van der Waals surface area contributed by atoms with Crippen LogP contribution in [0.25, 0.3) is 0 Å². The molecule has 8 nitrogen and oxygen atoms in total. The number of amides is 1. The smallest absolute Gasteiger partial charge is 0.223 e. The van der Waals surface area contributed by atoms with E-state index in [1.807, 2.05) is 0 Å². The SMILES string of the molecule is COc1cccc(O[C@H]2O[C@@H]3COC(C)(C)O[C@@H]3[C@H](O)[C@H]2NC(C)=O)c1. The molecule has 0 aromatic heterocycles. The zero-order valence-corrected chi connectivity index (χ0v) is 15.3. The van der Waals surface area contributed by atoms with Crippen LogP contribution in [0.3, 0.4) is 0 Å². The molecule has 5 atom stereocenters. The number of carbonyl (C=O) groups is 1. The van der Waals surface area contributed by atoms with Crippen LogP contribution in [-0.2, 0) is 19.0 Å². The van der Waals surface area contributed by atoms with Crippen molar-refractivity contribution in [2.24, 2.45) is 0 Å². The number of aliphatic hydroxyl groups excluding tert-OH is 1. The largest absolute Gasteiger partial charge is 0.497 e. The van der Waals surface area contributed by atoms with E-state index in [-0.39, 0.29) is 12.5 Å². The lowest BCUT2D eigenvalue weighted by molar-refractivity contribution is -0.361. The molecular weight excluding hydrogens is 342 g/mol. The Balaban J connectivity index is 1.81. The first kappa shape index (κ1) is 18.9. The van der Waals surface area contributed by atoms with E-state index in [2.05, 4.69) is 5.32 Å². The third-order valence-electron chi connectivity index (χ3n) is 4.35. The van der Waals surface area contributed by atoms with Crippen molar-refractivity contribution in [1.29, 1.82) is 0 Å². The van der Waals surface area contributed by atoms with Crippen molar-refractivity contribution in [3.8, 4) is 11.5 Å². The van der Waals surface area contributed by atoms with Crippen molar-refractivity contribution in [3.63, 3.8) is 0 Å². The van der Waals surface area contributed by atoms with Gasteiger partial charge in [-0.1, -0.05) is 6.07 Å². The van der Waals surface area contributed by atoms with Crippen molar-refractivity contribution in [3.05, 3.63) is 24.3 Å². The molecule has 2 aliphatic rings. The van der Waals surface area contributed by atoms with Crippen LogP contribution in [-0.4, -0.2) is 61.2 Å². The minimum absolute atomic E-state index is 0.249. The number of fused-ring (bicyclic) bond motifs is 1. The van der Waals surface area contributed by atoms with E-state index in [0.29, 0.717) is 11.5 Å². The summed E-state index contributed by atoms with van der Waals surface area (Å²) in [5, 5.41) is 13.5. The first-order chi connectivity index (χ1) is 12.3. The number of carbonyl (C=O) groups excluding carboxylic acids is 1. The van der Waals surface area contributed by atoms with Crippen LogP contribution in [0.15, 0.2) is 24.3 Å². The predicted octanol–water partition coefficient (Wildman–Crippen LogP) is 0.816. The molecule has 1 aromatic rings. The Bertz CT molecular complexity index is 650. The van der Waals surface area contributed by atoms with Crippen LogP contribution in [0.5, 0.6) is 11.5 Å². The lowest BCUT2D eigenvalue weighted by atomic mass is 9.95. The van der Waals surface area contributed by atoms with Gasteiger partial charge in [-0.15, -0.1) is 0 Å². The van der Waals surface area contributed by atoms with E-state index in [1.54, 1.807) is 45.2 Å². The maximum absolute atomic E-state index is 11.6. The van der Waals surface area contributed by atoms with Gasteiger partial charge >= 0.3 is 0 Å². The molecule has 0 bridgehead atoms. The molecule has 3 rings (SSSR count). The van der Waals surface area contributed by atoms with Gasteiger partial charge in [0.15, 0.2) is 5.79 Å². The normalized spacial score (nSPS) is 33.0. The lowest BCUT2D eigenvalue weighted by Crippen LogP contribution is -2.69. The van der Waals surface area contributed by atoms with Gasteiger partial charge in [-0.25, -0.2) is 0 Å². The monoisotopic (exact) mass is 367 g/mol. The Hall–Kier alpha value is -1.87. The molecule has 2 N–H and O–H groups in total. The number of nitrogens with one attached hydrogen (secondary N) is 1. The van der Waals surface area contributed by atoms with Gasteiger partial charge in [0.05, 0.1) is 13.7 Å². The Morgan fingerprint density at radius 3 is 2.77 bits per heavy atom. The van der Waals surface area contributed by atoms with Gasteiger partial charge < -0.3 is 34.1 Å². The molecule has 1 amide bonds. The van der Waals surface area contributed by atoms with Crippen molar-refractivity contribution in [1.82, 2.24) is 5.32 Å². The lowest BCUT2D eigenvalue weighted by Gasteiger charge is -2.49. The highest BCUT2D eigenvalue weighted by Gasteiger charge is 2.52. The summed E-state index contributed by atoms with van der Waals surface area (Å²) < 4.78 is 28.5. The van der Waals surface area contributed by atoms with Gasteiger partial charge in [-0.3, -0.25) is 4.79 Å². The molecule has 0 aliphatic carbocycles. The maximum atomic E-state index is 11.6. The van der Waals surface area contributed by atoms with E-state index in [0.717, 1.165) is 0 Å². The van der Waals surface area contributed by atoms with E-state index in [9.17, 15) is 9.90 Å². The van der Waals surface area contributed by atoms with Crippen molar-refractivity contribution in [2.75, 3.05) is 13.7 Å². The minimum Gasteiger partial charge on any atom is -0.497 e. The first-order valence-corrected chi connectivity index (χ1v) is 8.52. The number of ether oxygens (including phenoxy) is 5. The quantitative estimate of drug-likeness (QED) is 0.813. The van der Waals surface area contributed by atoms with Crippen molar-refractivity contribution >= 4 is 5.91 Å². The molecule has 1 aromatic carbocycles. The third kappa shape index (κ3) is 4.09. The van der Waals surface area contributed by atoms with E-state index in [1.165, 1.54) is 6.92 Å².